The van der Waals surface area contributed by atoms with Crippen LogP contribution in [0.5, 0.6) is 6.01 Å². The van der Waals surface area contributed by atoms with Gasteiger partial charge in [-0.1, -0.05) is 23.7 Å². The number of benzene rings is 1. The molecule has 7 heteroatoms. The highest BCUT2D eigenvalue weighted by atomic mass is 35.5. The third-order valence-electron chi connectivity index (χ3n) is 5.27. The van der Waals surface area contributed by atoms with Gasteiger partial charge in [-0.05, 0) is 65.0 Å². The molecule has 29 heavy (non-hydrogen) atoms. The highest BCUT2D eigenvalue weighted by molar-refractivity contribution is 6.30. The molecule has 1 fully saturated rings. The van der Waals surface area contributed by atoms with Gasteiger partial charge in [0.1, 0.15) is 5.69 Å². The summed E-state index contributed by atoms with van der Waals surface area (Å²) in [5.74, 6) is 0.416. The Kier molecular flexibility index (Phi) is 5.83. The predicted molar refractivity (Wildman–Crippen MR) is 115 cm³/mol. The SMILES string of the molecule is CC(C)Oc1nccc(-c2c(-c3ccc(Cl)cc3)n[nH]c2C2CCN(C)CC2)n1. The van der Waals surface area contributed by atoms with E-state index in [-0.39, 0.29) is 6.10 Å². The van der Waals surface area contributed by atoms with Crippen molar-refractivity contribution in [3.8, 4) is 28.5 Å². The molecule has 2 aromatic heterocycles. The maximum absolute atomic E-state index is 6.10. The van der Waals surface area contributed by atoms with Crippen LogP contribution in [0.1, 0.15) is 38.3 Å². The standard InChI is InChI=1S/C22H26ClN5O/c1-14(2)29-22-24-11-8-18(25-22)19-20(15-4-6-17(23)7-5-15)26-27-21(19)16-9-12-28(3)13-10-16/h4-8,11,14,16H,9-10,12-13H2,1-3H3,(H,26,27). The molecule has 152 valence electrons. The fourth-order valence-corrected chi connectivity index (χ4v) is 3.90. The Balaban J connectivity index is 1.80. The largest absolute Gasteiger partial charge is 0.461 e. The fraction of sp³-hybridized carbons (Fsp3) is 0.409. The molecule has 6 nitrogen and oxygen atoms in total. The van der Waals surface area contributed by atoms with Crippen LogP contribution in [0.15, 0.2) is 36.5 Å². The van der Waals surface area contributed by atoms with Crippen molar-refractivity contribution in [1.29, 1.82) is 0 Å². The lowest BCUT2D eigenvalue weighted by Gasteiger charge is -2.28. The van der Waals surface area contributed by atoms with Crippen molar-refractivity contribution in [2.75, 3.05) is 20.1 Å². The molecular formula is C22H26ClN5O. The van der Waals surface area contributed by atoms with Gasteiger partial charge >= 0.3 is 6.01 Å². The van der Waals surface area contributed by atoms with Crippen LogP contribution in [-0.4, -0.2) is 51.3 Å². The molecule has 1 saturated heterocycles. The number of hydrogen-bond donors (Lipinski definition) is 1. The molecular weight excluding hydrogens is 386 g/mol. The molecule has 0 unspecified atom stereocenters. The maximum atomic E-state index is 6.10. The van der Waals surface area contributed by atoms with Gasteiger partial charge in [-0.25, -0.2) is 4.98 Å². The second-order valence-electron chi connectivity index (χ2n) is 7.84. The Hall–Kier alpha value is -2.44. The first-order chi connectivity index (χ1) is 14.0. The average Bonchev–Trinajstić information content (AvgIpc) is 3.14. The van der Waals surface area contributed by atoms with Crippen molar-refractivity contribution in [2.45, 2.75) is 38.7 Å². The van der Waals surface area contributed by atoms with Gasteiger partial charge in [-0.15, -0.1) is 0 Å². The number of rotatable bonds is 5. The van der Waals surface area contributed by atoms with Crippen molar-refractivity contribution in [1.82, 2.24) is 25.1 Å². The summed E-state index contributed by atoms with van der Waals surface area (Å²) in [6.07, 6.45) is 3.94. The number of aromatic amines is 1. The Morgan fingerprint density at radius 2 is 1.86 bits per heavy atom. The van der Waals surface area contributed by atoms with E-state index in [1.54, 1.807) is 6.20 Å². The van der Waals surface area contributed by atoms with Gasteiger partial charge in [0.05, 0.1) is 11.8 Å². The molecule has 1 aromatic carbocycles. The van der Waals surface area contributed by atoms with Crippen LogP contribution in [-0.2, 0) is 0 Å². The van der Waals surface area contributed by atoms with Crippen LogP contribution in [0, 0.1) is 0 Å². The number of H-pyrrole nitrogens is 1. The highest BCUT2D eigenvalue weighted by Gasteiger charge is 2.27. The zero-order valence-electron chi connectivity index (χ0n) is 17.0. The monoisotopic (exact) mass is 411 g/mol. The van der Waals surface area contributed by atoms with Crippen molar-refractivity contribution in [3.63, 3.8) is 0 Å². The van der Waals surface area contributed by atoms with Gasteiger partial charge in [-0.3, -0.25) is 5.10 Å². The third kappa shape index (κ3) is 4.43. The minimum absolute atomic E-state index is 0.0127. The number of ether oxygens (including phenoxy) is 1. The number of piperidine rings is 1. The van der Waals surface area contributed by atoms with Gasteiger partial charge in [0.15, 0.2) is 0 Å². The fourth-order valence-electron chi connectivity index (χ4n) is 3.77. The Bertz CT molecular complexity index is 962. The summed E-state index contributed by atoms with van der Waals surface area (Å²) in [7, 11) is 2.17. The van der Waals surface area contributed by atoms with E-state index in [1.165, 1.54) is 0 Å². The second kappa shape index (κ2) is 8.51. The lowest BCUT2D eigenvalue weighted by Crippen LogP contribution is -2.29. The smallest absolute Gasteiger partial charge is 0.317 e. The molecule has 0 amide bonds. The van der Waals surface area contributed by atoms with E-state index < -0.39 is 0 Å². The molecule has 0 saturated carbocycles. The van der Waals surface area contributed by atoms with E-state index in [1.807, 2.05) is 44.2 Å². The van der Waals surface area contributed by atoms with E-state index >= 15 is 0 Å². The summed E-state index contributed by atoms with van der Waals surface area (Å²) in [6, 6.07) is 10.1. The van der Waals surface area contributed by atoms with Crippen molar-refractivity contribution in [2.24, 2.45) is 0 Å². The van der Waals surface area contributed by atoms with Gasteiger partial charge in [0, 0.05) is 34.0 Å². The summed E-state index contributed by atoms with van der Waals surface area (Å²) in [4.78, 5) is 11.3. The van der Waals surface area contributed by atoms with E-state index in [2.05, 4.69) is 22.0 Å². The average molecular weight is 412 g/mol. The number of likely N-dealkylation sites (tertiary alicyclic amines) is 1. The number of hydrogen-bond acceptors (Lipinski definition) is 5. The topological polar surface area (TPSA) is 66.9 Å². The Labute approximate surface area is 176 Å². The molecule has 0 radical (unpaired) electrons. The molecule has 1 aliphatic rings. The van der Waals surface area contributed by atoms with E-state index in [0.29, 0.717) is 17.0 Å². The Morgan fingerprint density at radius 3 is 2.55 bits per heavy atom. The van der Waals surface area contributed by atoms with Crippen LogP contribution in [0.3, 0.4) is 0 Å². The van der Waals surface area contributed by atoms with Crippen molar-refractivity contribution in [3.05, 3.63) is 47.2 Å². The summed E-state index contributed by atoms with van der Waals surface area (Å²) in [5.41, 5.74) is 4.87. The molecule has 0 spiro atoms. The Morgan fingerprint density at radius 1 is 1.14 bits per heavy atom. The lowest BCUT2D eigenvalue weighted by molar-refractivity contribution is 0.222. The van der Waals surface area contributed by atoms with Crippen LogP contribution in [0.25, 0.3) is 22.5 Å². The second-order valence-corrected chi connectivity index (χ2v) is 8.27. The molecule has 0 bridgehead atoms. The number of aromatic nitrogens is 4. The van der Waals surface area contributed by atoms with Gasteiger partial charge in [0.25, 0.3) is 0 Å². The summed E-state index contributed by atoms with van der Waals surface area (Å²) >= 11 is 6.10. The zero-order chi connectivity index (χ0) is 20.4. The van der Waals surface area contributed by atoms with E-state index in [0.717, 1.165) is 54.1 Å². The van der Waals surface area contributed by atoms with E-state index in [4.69, 9.17) is 26.4 Å². The van der Waals surface area contributed by atoms with Crippen molar-refractivity contribution >= 4 is 11.6 Å². The first kappa shape index (κ1) is 19.9. The molecule has 1 aliphatic heterocycles. The number of nitrogens with zero attached hydrogens (tertiary/aromatic N) is 4. The number of nitrogens with one attached hydrogen (secondary N) is 1. The zero-order valence-corrected chi connectivity index (χ0v) is 17.8. The van der Waals surface area contributed by atoms with Crippen LogP contribution in [0.4, 0.5) is 0 Å². The predicted octanol–water partition coefficient (Wildman–Crippen LogP) is 4.78. The highest BCUT2D eigenvalue weighted by Crippen LogP contribution is 2.39. The molecule has 0 atom stereocenters. The normalized spacial score (nSPS) is 15.8. The maximum Gasteiger partial charge on any atom is 0.317 e. The molecule has 4 rings (SSSR count). The van der Waals surface area contributed by atoms with Gasteiger partial charge in [0.2, 0.25) is 0 Å². The van der Waals surface area contributed by atoms with Crippen molar-refractivity contribution < 1.29 is 4.74 Å². The molecule has 3 aromatic rings. The quantitative estimate of drug-likeness (QED) is 0.654. The van der Waals surface area contributed by atoms with Crippen LogP contribution >= 0.6 is 11.6 Å². The number of halogens is 1. The van der Waals surface area contributed by atoms with E-state index in [9.17, 15) is 0 Å². The first-order valence-electron chi connectivity index (χ1n) is 10.0. The summed E-state index contributed by atoms with van der Waals surface area (Å²) in [5, 5.41) is 8.73. The minimum Gasteiger partial charge on any atom is -0.461 e. The lowest BCUT2D eigenvalue weighted by atomic mass is 9.89. The minimum atomic E-state index is 0.0127. The molecule has 3 heterocycles. The van der Waals surface area contributed by atoms with Crippen LogP contribution in [0.2, 0.25) is 5.02 Å². The molecule has 1 N–H and O–H groups in total. The first-order valence-corrected chi connectivity index (χ1v) is 10.4. The summed E-state index contributed by atoms with van der Waals surface area (Å²) in [6.45, 7) is 6.09. The van der Waals surface area contributed by atoms with Gasteiger partial charge < -0.3 is 9.64 Å². The summed E-state index contributed by atoms with van der Waals surface area (Å²) < 4.78 is 5.74. The van der Waals surface area contributed by atoms with Gasteiger partial charge in [-0.2, -0.15) is 10.1 Å². The third-order valence-corrected chi connectivity index (χ3v) is 5.52. The van der Waals surface area contributed by atoms with Crippen LogP contribution < -0.4 is 4.74 Å². The molecule has 0 aliphatic carbocycles.